The lowest BCUT2D eigenvalue weighted by Gasteiger charge is -2.36. The number of piperidine rings is 1. The predicted octanol–water partition coefficient (Wildman–Crippen LogP) is 3.91. The molecule has 1 saturated heterocycles. The molecule has 0 atom stereocenters. The van der Waals surface area contributed by atoms with Gasteiger partial charge in [-0.25, -0.2) is 9.97 Å². The van der Waals surface area contributed by atoms with Gasteiger partial charge in [-0.3, -0.25) is 14.5 Å². The van der Waals surface area contributed by atoms with Gasteiger partial charge in [0.25, 0.3) is 5.91 Å². The van der Waals surface area contributed by atoms with E-state index in [4.69, 9.17) is 9.97 Å². The third kappa shape index (κ3) is 6.43. The highest BCUT2D eigenvalue weighted by Crippen LogP contribution is 2.27. The van der Waals surface area contributed by atoms with Crippen LogP contribution in [0.4, 0.5) is 5.82 Å². The largest absolute Gasteiger partial charge is 0.368 e. The molecule has 9 nitrogen and oxygen atoms in total. The van der Waals surface area contributed by atoms with Crippen LogP contribution < -0.4 is 10.6 Å². The molecule has 5 rings (SSSR count). The monoisotopic (exact) mass is 525 g/mol. The minimum absolute atomic E-state index is 0.0254. The van der Waals surface area contributed by atoms with E-state index in [1.165, 1.54) is 12.5 Å². The van der Waals surface area contributed by atoms with Crippen molar-refractivity contribution in [2.24, 2.45) is 0 Å². The average Bonchev–Trinajstić information content (AvgIpc) is 3.40. The van der Waals surface area contributed by atoms with Gasteiger partial charge in [0.1, 0.15) is 17.2 Å². The number of nitrogens with one attached hydrogen (secondary N) is 3. The first-order chi connectivity index (χ1) is 19.0. The maximum Gasteiger partial charge on any atom is 0.270 e. The van der Waals surface area contributed by atoms with Gasteiger partial charge in [0.15, 0.2) is 5.82 Å². The molecule has 3 N–H and O–H groups in total. The van der Waals surface area contributed by atoms with Crippen molar-refractivity contribution in [1.82, 2.24) is 30.1 Å². The van der Waals surface area contributed by atoms with Gasteiger partial charge in [0.05, 0.1) is 5.39 Å². The molecule has 0 radical (unpaired) electrons. The molecule has 2 aromatic heterocycles. The number of H-pyrrole nitrogens is 1. The second-order valence-electron chi connectivity index (χ2n) is 10.0. The summed E-state index contributed by atoms with van der Waals surface area (Å²) in [6, 6.07) is 22.5. The van der Waals surface area contributed by atoms with E-state index in [2.05, 4.69) is 51.8 Å². The van der Waals surface area contributed by atoms with Crippen molar-refractivity contribution in [3.63, 3.8) is 0 Å². The zero-order valence-electron chi connectivity index (χ0n) is 22.5. The first-order valence-electron chi connectivity index (χ1n) is 13.5. The topological polar surface area (TPSA) is 106 Å². The zero-order chi connectivity index (χ0) is 27.2. The number of carbonyl (C=O) groups is 2. The second-order valence-corrected chi connectivity index (χ2v) is 10.0. The van der Waals surface area contributed by atoms with E-state index in [0.717, 1.165) is 30.3 Å². The van der Waals surface area contributed by atoms with Gasteiger partial charge in [-0.15, -0.1) is 0 Å². The van der Waals surface area contributed by atoms with Gasteiger partial charge in [0, 0.05) is 51.3 Å². The summed E-state index contributed by atoms with van der Waals surface area (Å²) >= 11 is 0. The molecule has 1 fully saturated rings. The highest BCUT2D eigenvalue weighted by Gasteiger charge is 2.27. The molecule has 0 bridgehead atoms. The summed E-state index contributed by atoms with van der Waals surface area (Å²) in [5.41, 5.74) is 3.29. The number of benzene rings is 2. The van der Waals surface area contributed by atoms with Crippen molar-refractivity contribution in [1.29, 1.82) is 0 Å². The summed E-state index contributed by atoms with van der Waals surface area (Å²) in [7, 11) is 2.16. The lowest BCUT2D eigenvalue weighted by atomic mass is 10.0. The Morgan fingerprint density at radius 3 is 2.38 bits per heavy atom. The normalized spacial score (nSPS) is 14.1. The fourth-order valence-electron chi connectivity index (χ4n) is 5.08. The number of rotatable bonds is 9. The van der Waals surface area contributed by atoms with Crippen molar-refractivity contribution in [3.8, 4) is 11.4 Å². The third-order valence-corrected chi connectivity index (χ3v) is 7.19. The molecule has 1 aliphatic rings. The van der Waals surface area contributed by atoms with Crippen molar-refractivity contribution in [2.75, 3.05) is 38.5 Å². The summed E-state index contributed by atoms with van der Waals surface area (Å²) < 4.78 is 0. The standard InChI is InChI=1S/C30H35N7O2/c1-21(38)31-15-16-32-28-25-19-26(33-29(25)35-27(34-28)23-11-7-4-8-12-23)30(39)37-17-13-24(14-18-37)36(2)20-22-9-5-3-6-10-22/h3-12,19,24H,13-18,20H2,1-2H3,(H,31,38)(H2,32,33,34,35). The maximum absolute atomic E-state index is 13.5. The molecule has 2 aromatic carbocycles. The van der Waals surface area contributed by atoms with Gasteiger partial charge in [0.2, 0.25) is 5.91 Å². The maximum atomic E-state index is 13.5. The first-order valence-corrected chi connectivity index (χ1v) is 13.5. The summed E-state index contributed by atoms with van der Waals surface area (Å²) in [6.07, 6.45) is 1.87. The number of hydrogen-bond donors (Lipinski definition) is 3. The van der Waals surface area contributed by atoms with Gasteiger partial charge >= 0.3 is 0 Å². The van der Waals surface area contributed by atoms with Crippen LogP contribution in [-0.2, 0) is 11.3 Å². The molecule has 4 aromatic rings. The average molecular weight is 526 g/mol. The molecule has 39 heavy (non-hydrogen) atoms. The Hall–Kier alpha value is -4.24. The molecule has 0 aliphatic carbocycles. The Labute approximate surface area is 228 Å². The van der Waals surface area contributed by atoms with Crippen LogP contribution in [0.3, 0.4) is 0 Å². The summed E-state index contributed by atoms with van der Waals surface area (Å²) in [5.74, 6) is 1.08. The molecule has 9 heteroatoms. The van der Waals surface area contributed by atoms with Crippen molar-refractivity contribution >= 4 is 28.7 Å². The van der Waals surface area contributed by atoms with E-state index in [1.807, 2.05) is 47.4 Å². The van der Waals surface area contributed by atoms with Crippen LogP contribution in [0.15, 0.2) is 66.7 Å². The van der Waals surface area contributed by atoms with E-state index in [0.29, 0.717) is 55.2 Å². The number of amides is 2. The minimum Gasteiger partial charge on any atom is -0.368 e. The van der Waals surface area contributed by atoms with Gasteiger partial charge in [-0.05, 0) is 31.5 Å². The number of aromatic nitrogens is 3. The van der Waals surface area contributed by atoms with E-state index >= 15 is 0 Å². The minimum atomic E-state index is -0.0841. The number of anilines is 1. The number of nitrogens with zero attached hydrogens (tertiary/aromatic N) is 4. The van der Waals surface area contributed by atoms with E-state index in [-0.39, 0.29) is 11.8 Å². The lowest BCUT2D eigenvalue weighted by Crippen LogP contribution is -2.45. The molecule has 202 valence electrons. The van der Waals surface area contributed by atoms with Gasteiger partial charge in [-0.2, -0.15) is 0 Å². The Morgan fingerprint density at radius 2 is 1.69 bits per heavy atom. The highest BCUT2D eigenvalue weighted by molar-refractivity contribution is 6.00. The van der Waals surface area contributed by atoms with Crippen molar-refractivity contribution in [2.45, 2.75) is 32.4 Å². The third-order valence-electron chi connectivity index (χ3n) is 7.19. The fourth-order valence-corrected chi connectivity index (χ4v) is 5.08. The van der Waals surface area contributed by atoms with Crippen LogP contribution in [0.1, 0.15) is 35.8 Å². The van der Waals surface area contributed by atoms with Gasteiger partial charge < -0.3 is 20.5 Å². The summed E-state index contributed by atoms with van der Waals surface area (Å²) in [5, 5.41) is 6.84. The highest BCUT2D eigenvalue weighted by atomic mass is 16.2. The van der Waals surface area contributed by atoms with Crippen LogP contribution in [-0.4, -0.2) is 75.8 Å². The van der Waals surface area contributed by atoms with Gasteiger partial charge in [-0.1, -0.05) is 60.7 Å². The lowest BCUT2D eigenvalue weighted by molar-refractivity contribution is -0.118. The first kappa shape index (κ1) is 26.4. The molecule has 1 aliphatic heterocycles. The molecule has 3 heterocycles. The summed E-state index contributed by atoms with van der Waals surface area (Å²) in [4.78, 5) is 41.8. The summed E-state index contributed by atoms with van der Waals surface area (Å²) in [6.45, 7) is 4.78. The van der Waals surface area contributed by atoms with Crippen molar-refractivity contribution < 1.29 is 9.59 Å². The number of carbonyl (C=O) groups excluding carboxylic acids is 2. The Kier molecular flexibility index (Phi) is 8.17. The molecular formula is C30H35N7O2. The smallest absolute Gasteiger partial charge is 0.270 e. The Morgan fingerprint density at radius 1 is 1.00 bits per heavy atom. The zero-order valence-corrected chi connectivity index (χ0v) is 22.5. The number of aromatic amines is 1. The molecule has 0 saturated carbocycles. The van der Waals surface area contributed by atoms with Crippen LogP contribution >= 0.6 is 0 Å². The number of hydrogen-bond acceptors (Lipinski definition) is 6. The molecule has 0 unspecified atom stereocenters. The van der Waals surface area contributed by atoms with Crippen LogP contribution in [0.25, 0.3) is 22.4 Å². The van der Waals surface area contributed by atoms with E-state index < -0.39 is 0 Å². The van der Waals surface area contributed by atoms with Crippen molar-refractivity contribution in [3.05, 3.63) is 78.0 Å². The fraction of sp³-hybridized carbons (Fsp3) is 0.333. The van der Waals surface area contributed by atoms with Crippen LogP contribution in [0.2, 0.25) is 0 Å². The van der Waals surface area contributed by atoms with E-state index in [9.17, 15) is 9.59 Å². The van der Waals surface area contributed by atoms with Crippen LogP contribution in [0.5, 0.6) is 0 Å². The molecular weight excluding hydrogens is 490 g/mol. The number of fused-ring (bicyclic) bond motifs is 1. The Balaban J connectivity index is 1.30. The quantitative estimate of drug-likeness (QED) is 0.286. The predicted molar refractivity (Wildman–Crippen MR) is 153 cm³/mol. The SMILES string of the molecule is CC(=O)NCCNc1nc(-c2ccccc2)nc2[nH]c(C(=O)N3CCC(N(C)Cc4ccccc4)CC3)cc12. The molecule has 0 spiro atoms. The second kappa shape index (κ2) is 12.1. The Bertz CT molecular complexity index is 1410. The molecule has 2 amide bonds. The number of likely N-dealkylation sites (tertiary alicyclic amines) is 1. The van der Waals surface area contributed by atoms with Crippen LogP contribution in [0, 0.1) is 0 Å². The van der Waals surface area contributed by atoms with E-state index in [1.54, 1.807) is 0 Å².